The molecule has 0 atom stereocenters. The molecule has 0 aromatic heterocycles. The van der Waals surface area contributed by atoms with Crippen LogP contribution < -0.4 is 21.7 Å². The van der Waals surface area contributed by atoms with Gasteiger partial charge in [0, 0.05) is 19.6 Å². The van der Waals surface area contributed by atoms with Crippen molar-refractivity contribution in [1.82, 2.24) is 16.0 Å². The van der Waals surface area contributed by atoms with Crippen molar-refractivity contribution in [2.75, 3.05) is 46.0 Å². The minimum Gasteiger partial charge on any atom is -0.369 e. The third kappa shape index (κ3) is 105. The van der Waals surface area contributed by atoms with E-state index in [1.165, 1.54) is 186 Å². The largest absolute Gasteiger partial charge is 0.369 e. The molecule has 0 saturated carbocycles. The number of nitrogens with two attached hydrogens (primary N) is 1. The Morgan fingerprint density at radius 3 is 0.747 bits per heavy atom. The normalized spacial score (nSPS) is 10.7. The summed E-state index contributed by atoms with van der Waals surface area (Å²) in [5.74, 6) is 2.67. The van der Waals surface area contributed by atoms with Gasteiger partial charge in [0.25, 0.3) is 0 Å². The number of carbonyl (C=O) groups excluding carboxylic acids is 3. The van der Waals surface area contributed by atoms with E-state index in [4.69, 9.17) is 19.9 Å². The molecule has 10 nitrogen and oxygen atoms in total. The first-order valence-electron chi connectivity index (χ1n) is 32.2. The second-order valence-corrected chi connectivity index (χ2v) is 23.0. The number of hydrogen-bond acceptors (Lipinski definition) is 7. The van der Waals surface area contributed by atoms with Gasteiger partial charge in [-0.3, -0.25) is 14.4 Å². The van der Waals surface area contributed by atoms with Crippen LogP contribution in [0.25, 0.3) is 0 Å². The summed E-state index contributed by atoms with van der Waals surface area (Å²) in [6.45, 7) is 40.2. The van der Waals surface area contributed by atoms with Gasteiger partial charge in [-0.25, -0.2) is 0 Å². The molecule has 0 fully saturated rings. The molecular weight excluding hydrogens is 933 g/mol. The molecule has 10 heteroatoms. The molecule has 0 bridgehead atoms. The van der Waals surface area contributed by atoms with E-state index in [0.29, 0.717) is 0 Å². The molecule has 0 unspecified atom stereocenters. The number of amides is 3. The molecule has 0 spiro atoms. The van der Waals surface area contributed by atoms with E-state index in [-0.39, 0.29) is 55.9 Å². The quantitative estimate of drug-likeness (QED) is 0.0445. The van der Waals surface area contributed by atoms with Crippen molar-refractivity contribution in [2.24, 2.45) is 23.5 Å². The number of ether oxygens (including phenoxy) is 3. The highest BCUT2D eigenvalue weighted by atomic mass is 16.5. The third-order valence-electron chi connectivity index (χ3n) is 12.0. The van der Waals surface area contributed by atoms with Crippen molar-refractivity contribution in [1.29, 1.82) is 0 Å². The summed E-state index contributed by atoms with van der Waals surface area (Å²) in [7, 11) is 0. The minimum absolute atomic E-state index is 0.000749. The molecule has 0 radical (unpaired) electrons. The lowest BCUT2D eigenvalue weighted by Gasteiger charge is -2.08. The van der Waals surface area contributed by atoms with Crippen LogP contribution in [0.5, 0.6) is 0 Å². The van der Waals surface area contributed by atoms with Gasteiger partial charge in [-0.2, -0.15) is 0 Å². The van der Waals surface area contributed by atoms with Crippen molar-refractivity contribution in [2.45, 2.75) is 341 Å². The third-order valence-corrected chi connectivity index (χ3v) is 12.0. The molecule has 0 heterocycles. The Balaban J connectivity index is -0.000000191. The maximum Gasteiger partial charge on any atom is 0.246 e. The van der Waals surface area contributed by atoms with Crippen molar-refractivity contribution in [3.63, 3.8) is 0 Å². The zero-order valence-electron chi connectivity index (χ0n) is 54.1. The Labute approximate surface area is 471 Å². The van der Waals surface area contributed by atoms with E-state index in [1.807, 2.05) is 41.5 Å². The van der Waals surface area contributed by atoms with E-state index < -0.39 is 0 Å². The molecule has 0 aliphatic heterocycles. The number of hydrogen-bond donors (Lipinski definition) is 4. The van der Waals surface area contributed by atoms with Gasteiger partial charge in [0.05, 0.1) is 18.3 Å². The van der Waals surface area contributed by atoms with E-state index in [0.717, 1.165) is 63.2 Å². The standard InChI is InChI=1S/C12H25NO2.C12H26.C11H23NO2.C11H24.C10H21NO2.C9H21N/c1-4-5-6-7-8-9-13-12(14)10-15-11(2)3;1-4-5-6-7-8-9-10-11-12(2)3;1-4-5-6-7-8-12-11(13)9-14-10(2)3;1-4-5-6-7-8-9-10-11(2)3;1-4-5-6-7-11-10(12)8-13-9(2)3;1-9(2)7-5-3-4-6-8-10/h11H,4-10H2,1-3H3,(H,13,14);12H,4-11H2,1-3H3;10H,4-9H2,1-3H3,(H,12,13);11H,4-10H2,1-3H3;9H,4-8H2,1-3H3,(H,11,12);9H,3-8,10H2,1-2H3. The Bertz CT molecular complexity index is 1060. The molecule has 0 aliphatic rings. The second kappa shape index (κ2) is 74.3. The van der Waals surface area contributed by atoms with Crippen LogP contribution in [-0.2, 0) is 28.6 Å². The molecule has 0 aliphatic carbocycles. The van der Waals surface area contributed by atoms with Crippen LogP contribution in [0.3, 0.4) is 0 Å². The van der Waals surface area contributed by atoms with Gasteiger partial charge < -0.3 is 35.9 Å². The predicted molar refractivity (Wildman–Crippen MR) is 332 cm³/mol. The zero-order valence-corrected chi connectivity index (χ0v) is 54.1. The zero-order chi connectivity index (χ0) is 58.0. The first-order valence-corrected chi connectivity index (χ1v) is 32.2. The lowest BCUT2D eigenvalue weighted by molar-refractivity contribution is -0.127. The summed E-state index contributed by atoms with van der Waals surface area (Å²) in [5, 5.41) is 8.49. The molecule has 3 amide bonds. The van der Waals surface area contributed by atoms with Gasteiger partial charge >= 0.3 is 0 Å². The SMILES string of the molecule is CC(C)CCCCCCN.CCCCCCCCC(C)C.CCCCCCCCCC(C)C.CCCCCCCNC(=O)COC(C)C.CCCCCCNC(=O)COC(C)C.CCCCCNC(=O)COC(C)C. The lowest BCUT2D eigenvalue weighted by atomic mass is 10.0. The first kappa shape index (κ1) is 84.5. The van der Waals surface area contributed by atoms with Crippen LogP contribution in [0.15, 0.2) is 0 Å². The van der Waals surface area contributed by atoms with Crippen LogP contribution in [0.2, 0.25) is 0 Å². The van der Waals surface area contributed by atoms with Crippen LogP contribution in [0.1, 0.15) is 323 Å². The average molecular weight is 1070 g/mol. The number of unbranched alkanes of at least 4 members (excludes halogenated alkanes) is 23. The highest BCUT2D eigenvalue weighted by molar-refractivity contribution is 5.77. The molecule has 456 valence electrons. The first-order chi connectivity index (χ1) is 35.8. The average Bonchev–Trinajstić information content (AvgIpc) is 3.36. The molecule has 0 rings (SSSR count). The van der Waals surface area contributed by atoms with Gasteiger partial charge in [0.15, 0.2) is 0 Å². The minimum atomic E-state index is -0.00944. The number of rotatable bonds is 45. The molecule has 75 heavy (non-hydrogen) atoms. The van der Waals surface area contributed by atoms with Crippen LogP contribution in [0, 0.1) is 17.8 Å². The van der Waals surface area contributed by atoms with Crippen molar-refractivity contribution >= 4 is 17.7 Å². The number of nitrogens with one attached hydrogen (secondary N) is 3. The van der Waals surface area contributed by atoms with Crippen molar-refractivity contribution < 1.29 is 28.6 Å². The van der Waals surface area contributed by atoms with E-state index in [1.54, 1.807) is 0 Å². The number of carbonyl (C=O) groups is 3. The highest BCUT2D eigenvalue weighted by Gasteiger charge is 2.04. The van der Waals surface area contributed by atoms with Gasteiger partial charge in [-0.1, -0.05) is 256 Å². The Morgan fingerprint density at radius 2 is 0.507 bits per heavy atom. The predicted octanol–water partition coefficient (Wildman–Crippen LogP) is 18.1. The molecule has 0 aromatic rings. The fraction of sp³-hybridized carbons (Fsp3) is 0.954. The summed E-state index contributed by atoms with van der Waals surface area (Å²) < 4.78 is 15.5. The summed E-state index contributed by atoms with van der Waals surface area (Å²) in [5.41, 5.74) is 5.37. The van der Waals surface area contributed by atoms with Crippen LogP contribution in [0.4, 0.5) is 0 Å². The van der Waals surface area contributed by atoms with E-state index in [9.17, 15) is 14.4 Å². The van der Waals surface area contributed by atoms with Gasteiger partial charge in [0.2, 0.25) is 17.7 Å². The molecular formula is C65H140N4O6. The van der Waals surface area contributed by atoms with Gasteiger partial charge in [-0.15, -0.1) is 0 Å². The smallest absolute Gasteiger partial charge is 0.246 e. The summed E-state index contributed by atoms with van der Waals surface area (Å²) >= 11 is 0. The fourth-order valence-electron chi connectivity index (χ4n) is 7.11. The fourth-order valence-corrected chi connectivity index (χ4v) is 7.11. The summed E-state index contributed by atoms with van der Waals surface area (Å²) in [6.07, 6.45) is 42.9. The summed E-state index contributed by atoms with van der Waals surface area (Å²) in [6, 6.07) is 0. The molecule has 0 aromatic carbocycles. The second-order valence-electron chi connectivity index (χ2n) is 23.0. The van der Waals surface area contributed by atoms with E-state index >= 15 is 0 Å². The summed E-state index contributed by atoms with van der Waals surface area (Å²) in [4.78, 5) is 33.4. The van der Waals surface area contributed by atoms with Crippen LogP contribution >= 0.6 is 0 Å². The lowest BCUT2D eigenvalue weighted by Crippen LogP contribution is -2.29. The van der Waals surface area contributed by atoms with E-state index in [2.05, 4.69) is 92.1 Å². The van der Waals surface area contributed by atoms with Crippen LogP contribution in [-0.4, -0.2) is 82.0 Å². The maximum absolute atomic E-state index is 11.2. The Hall–Kier alpha value is -1.75. The Morgan fingerprint density at radius 1 is 0.307 bits per heavy atom. The maximum atomic E-state index is 11.2. The van der Waals surface area contributed by atoms with Crippen molar-refractivity contribution in [3.8, 4) is 0 Å². The van der Waals surface area contributed by atoms with Gasteiger partial charge in [0.1, 0.15) is 19.8 Å². The molecule has 5 N–H and O–H groups in total. The highest BCUT2D eigenvalue weighted by Crippen LogP contribution is 2.13. The topological polar surface area (TPSA) is 141 Å². The molecule has 0 saturated heterocycles. The monoisotopic (exact) mass is 1070 g/mol. The van der Waals surface area contributed by atoms with Gasteiger partial charge in [-0.05, 0) is 91.5 Å². The Kier molecular flexibility index (Phi) is 83.8. The van der Waals surface area contributed by atoms with Crippen molar-refractivity contribution in [3.05, 3.63) is 0 Å².